The summed E-state index contributed by atoms with van der Waals surface area (Å²) in [5.41, 5.74) is 6.95. The number of hydrogen-bond acceptors (Lipinski definition) is 9. The summed E-state index contributed by atoms with van der Waals surface area (Å²) in [6.45, 7) is 2.53. The summed E-state index contributed by atoms with van der Waals surface area (Å²) in [5, 5.41) is 0. The lowest BCUT2D eigenvalue weighted by molar-refractivity contribution is 0.149. The van der Waals surface area contributed by atoms with Crippen molar-refractivity contribution < 1.29 is 28.6 Å². The summed E-state index contributed by atoms with van der Waals surface area (Å²) < 4.78 is 27.8. The van der Waals surface area contributed by atoms with Gasteiger partial charge in [0.2, 0.25) is 5.95 Å². The van der Waals surface area contributed by atoms with E-state index in [1.807, 2.05) is 4.90 Å². The number of imidazole rings is 1. The molecule has 152 valence electrons. The molecule has 0 aliphatic carbocycles. The molecule has 2 aromatic heterocycles. The van der Waals surface area contributed by atoms with Crippen LogP contribution in [0.4, 0.5) is 11.8 Å². The van der Waals surface area contributed by atoms with E-state index >= 15 is 0 Å². The summed E-state index contributed by atoms with van der Waals surface area (Å²) in [4.78, 5) is 32.5. The van der Waals surface area contributed by atoms with Gasteiger partial charge in [-0.25, -0.2) is 4.98 Å². The quantitative estimate of drug-likeness (QED) is 0.314. The summed E-state index contributed by atoms with van der Waals surface area (Å²) >= 11 is 0. The topological polar surface area (TPSA) is 158 Å². The molecule has 27 heavy (non-hydrogen) atoms. The number of rotatable bonds is 12. The average Bonchev–Trinajstić information content (AvgIpc) is 3.00. The maximum Gasteiger partial charge on any atom is 0.350 e. The molecular weight excluding hydrogens is 379 g/mol. The van der Waals surface area contributed by atoms with Crippen LogP contribution in [0, 0.1) is 0 Å². The lowest BCUT2D eigenvalue weighted by atomic mass is 10.4. The maximum absolute atomic E-state index is 10.8. The lowest BCUT2D eigenvalue weighted by Crippen LogP contribution is -2.32. The molecule has 0 atom stereocenters. The molecule has 2 heterocycles. The number of nitrogens with two attached hydrogens (primary N) is 1. The van der Waals surface area contributed by atoms with Gasteiger partial charge < -0.3 is 39.2 Å². The smallest absolute Gasteiger partial charge is 0.350 e. The van der Waals surface area contributed by atoms with Crippen molar-refractivity contribution >= 4 is 30.5 Å². The van der Waals surface area contributed by atoms with Crippen molar-refractivity contribution in [1.29, 1.82) is 0 Å². The van der Waals surface area contributed by atoms with Crippen LogP contribution >= 0.6 is 7.60 Å². The van der Waals surface area contributed by atoms with Crippen molar-refractivity contribution in [3.05, 3.63) is 6.33 Å². The highest BCUT2D eigenvalue weighted by molar-refractivity contribution is 7.51. The molecule has 0 saturated heterocycles. The highest BCUT2D eigenvalue weighted by Gasteiger charge is 2.18. The Morgan fingerprint density at radius 2 is 1.85 bits per heavy atom. The monoisotopic (exact) mass is 404 g/mol. The number of anilines is 2. The molecule has 0 bridgehead atoms. The number of nitrogens with zero attached hydrogens (tertiary/aromatic N) is 5. The molecule has 0 amide bonds. The highest BCUT2D eigenvalue weighted by atomic mass is 31.2. The molecule has 0 spiro atoms. The maximum atomic E-state index is 10.8. The number of hydrogen-bond donors (Lipinski definition) is 3. The summed E-state index contributed by atoms with van der Waals surface area (Å²) in [5.74, 6) is 0.664. The summed E-state index contributed by atoms with van der Waals surface area (Å²) in [6.07, 6.45) is 0.928. The van der Waals surface area contributed by atoms with Gasteiger partial charge in [0.1, 0.15) is 6.35 Å². The number of ether oxygens (including phenoxy) is 3. The van der Waals surface area contributed by atoms with E-state index in [9.17, 15) is 4.57 Å². The van der Waals surface area contributed by atoms with E-state index in [-0.39, 0.29) is 12.6 Å². The van der Waals surface area contributed by atoms with Crippen LogP contribution in [-0.2, 0) is 25.3 Å². The summed E-state index contributed by atoms with van der Waals surface area (Å²) in [7, 11) is -0.962. The molecule has 2 rings (SSSR count). The second-order valence-corrected chi connectivity index (χ2v) is 7.28. The van der Waals surface area contributed by atoms with Crippen LogP contribution in [0.3, 0.4) is 0 Å². The SMILES string of the molecule is COCCN(CCOC)c1nc(N)nc2c1ncn2CCOCP(=O)(O)O. The van der Waals surface area contributed by atoms with Gasteiger partial charge in [-0.3, -0.25) is 4.57 Å². The number of methoxy groups -OCH3 is 2. The second-order valence-electron chi connectivity index (χ2n) is 5.69. The molecule has 4 N–H and O–H groups in total. The van der Waals surface area contributed by atoms with Gasteiger partial charge in [0.25, 0.3) is 0 Å². The number of fused-ring (bicyclic) bond motifs is 1. The molecular formula is C14H25N6O6P. The van der Waals surface area contributed by atoms with Crippen molar-refractivity contribution in [2.45, 2.75) is 6.54 Å². The normalized spacial score (nSPS) is 12.0. The van der Waals surface area contributed by atoms with Crippen LogP contribution in [0.15, 0.2) is 6.33 Å². The first-order valence-electron chi connectivity index (χ1n) is 8.19. The Balaban J connectivity index is 2.22. The van der Waals surface area contributed by atoms with E-state index in [4.69, 9.17) is 29.7 Å². The molecule has 0 fully saturated rings. The Labute approximate surface area is 156 Å². The van der Waals surface area contributed by atoms with Gasteiger partial charge in [0.15, 0.2) is 17.0 Å². The molecule has 0 unspecified atom stereocenters. The van der Waals surface area contributed by atoms with Crippen molar-refractivity contribution in [3.8, 4) is 0 Å². The van der Waals surface area contributed by atoms with Crippen LogP contribution in [0.25, 0.3) is 11.2 Å². The van der Waals surface area contributed by atoms with Crippen LogP contribution in [0.2, 0.25) is 0 Å². The van der Waals surface area contributed by atoms with Gasteiger partial charge in [0, 0.05) is 33.9 Å². The molecule has 13 heteroatoms. The third kappa shape index (κ3) is 6.38. The molecule has 0 aromatic carbocycles. The Kier molecular flexibility index (Phi) is 7.90. The van der Waals surface area contributed by atoms with Crippen LogP contribution in [0.5, 0.6) is 0 Å². The lowest BCUT2D eigenvalue weighted by Gasteiger charge is -2.23. The van der Waals surface area contributed by atoms with Gasteiger partial charge in [-0.2, -0.15) is 9.97 Å². The molecule has 2 aromatic rings. The van der Waals surface area contributed by atoms with Gasteiger partial charge >= 0.3 is 7.60 Å². The fraction of sp³-hybridized carbons (Fsp3) is 0.643. The van der Waals surface area contributed by atoms with Crippen LogP contribution < -0.4 is 10.6 Å². The molecule has 12 nitrogen and oxygen atoms in total. The minimum absolute atomic E-state index is 0.0902. The molecule has 0 aliphatic rings. The van der Waals surface area contributed by atoms with Crippen molar-refractivity contribution in [3.63, 3.8) is 0 Å². The standard InChI is InChI=1S/C14H25N6O6P/c1-24-6-3-19(4-7-25-2)12-11-13(18-14(15)17-12)20(9-16-11)5-8-26-10-27(21,22)23/h9H,3-8,10H2,1-2H3,(H2,15,17,18)(H2,21,22,23). The number of aromatic nitrogens is 4. The largest absolute Gasteiger partial charge is 0.383 e. The second kappa shape index (κ2) is 9.93. The van der Waals surface area contributed by atoms with Gasteiger partial charge in [0.05, 0.1) is 26.1 Å². The van der Waals surface area contributed by atoms with E-state index in [0.29, 0.717) is 49.8 Å². The Hall–Kier alpha value is -1.82. The van der Waals surface area contributed by atoms with E-state index in [1.165, 1.54) is 0 Å². The zero-order valence-corrected chi connectivity index (χ0v) is 16.2. The predicted molar refractivity (Wildman–Crippen MR) is 98.6 cm³/mol. The predicted octanol–water partition coefficient (Wildman–Crippen LogP) is -0.340. The first kappa shape index (κ1) is 21.5. The van der Waals surface area contributed by atoms with E-state index in [0.717, 1.165) is 0 Å². The fourth-order valence-corrected chi connectivity index (χ4v) is 2.77. The van der Waals surface area contributed by atoms with Crippen LogP contribution in [0.1, 0.15) is 0 Å². The Morgan fingerprint density at radius 3 is 2.44 bits per heavy atom. The van der Waals surface area contributed by atoms with E-state index in [2.05, 4.69) is 15.0 Å². The van der Waals surface area contributed by atoms with E-state index < -0.39 is 13.9 Å². The first-order chi connectivity index (χ1) is 12.9. The fourth-order valence-electron chi connectivity index (χ4n) is 2.40. The van der Waals surface area contributed by atoms with Gasteiger partial charge in [-0.15, -0.1) is 0 Å². The highest BCUT2D eigenvalue weighted by Crippen LogP contribution is 2.33. The van der Waals surface area contributed by atoms with Gasteiger partial charge in [-0.1, -0.05) is 0 Å². The van der Waals surface area contributed by atoms with Crippen molar-refractivity contribution in [2.24, 2.45) is 0 Å². The van der Waals surface area contributed by atoms with Crippen molar-refractivity contribution in [2.75, 3.05) is 64.1 Å². The minimum atomic E-state index is -4.19. The number of nitrogen functional groups attached to an aromatic ring is 1. The Morgan fingerprint density at radius 1 is 1.19 bits per heavy atom. The third-order valence-corrected chi connectivity index (χ3v) is 4.15. The minimum Gasteiger partial charge on any atom is -0.383 e. The van der Waals surface area contributed by atoms with Gasteiger partial charge in [-0.05, 0) is 0 Å². The molecule has 0 saturated carbocycles. The molecule has 0 aliphatic heterocycles. The van der Waals surface area contributed by atoms with E-state index in [1.54, 1.807) is 25.1 Å². The first-order valence-corrected chi connectivity index (χ1v) is 9.99. The summed E-state index contributed by atoms with van der Waals surface area (Å²) in [6, 6.07) is 0. The van der Waals surface area contributed by atoms with Crippen LogP contribution in [-0.4, -0.2) is 82.8 Å². The zero-order valence-electron chi connectivity index (χ0n) is 15.3. The Bertz CT molecular complexity index is 773. The third-order valence-electron chi connectivity index (χ3n) is 3.63. The van der Waals surface area contributed by atoms with Crippen molar-refractivity contribution in [1.82, 2.24) is 19.5 Å². The molecule has 0 radical (unpaired) electrons. The average molecular weight is 404 g/mol. The zero-order chi connectivity index (χ0) is 19.9.